The summed E-state index contributed by atoms with van der Waals surface area (Å²) < 4.78 is 25.7. The van der Waals surface area contributed by atoms with Crippen molar-refractivity contribution in [3.8, 4) is 11.1 Å². The van der Waals surface area contributed by atoms with Crippen molar-refractivity contribution in [2.24, 2.45) is 0 Å². The van der Waals surface area contributed by atoms with Crippen LogP contribution in [0.4, 0.5) is 0 Å². The van der Waals surface area contributed by atoms with Crippen molar-refractivity contribution in [2.45, 2.75) is 23.6 Å². The van der Waals surface area contributed by atoms with Crippen molar-refractivity contribution in [3.63, 3.8) is 0 Å². The summed E-state index contributed by atoms with van der Waals surface area (Å²) in [4.78, 5) is 0.704. The molecular weight excluding hydrogens is 304 g/mol. The van der Waals surface area contributed by atoms with Crippen LogP contribution in [0, 0.1) is 13.8 Å². The lowest BCUT2D eigenvalue weighted by Crippen LogP contribution is -2.05. The molecule has 116 valence electrons. The topological polar surface area (TPSA) is 34.1 Å². The van der Waals surface area contributed by atoms with Crippen LogP contribution >= 0.6 is 0 Å². The van der Waals surface area contributed by atoms with Crippen molar-refractivity contribution in [3.05, 3.63) is 83.9 Å². The summed E-state index contributed by atoms with van der Waals surface area (Å²) in [5, 5.41) is 0. The average molecular weight is 322 g/mol. The van der Waals surface area contributed by atoms with E-state index in [1.807, 2.05) is 62.4 Å². The monoisotopic (exact) mass is 322 g/mol. The van der Waals surface area contributed by atoms with Gasteiger partial charge in [-0.3, -0.25) is 0 Å². The molecule has 0 fully saturated rings. The third kappa shape index (κ3) is 2.92. The first-order chi connectivity index (χ1) is 11.0. The van der Waals surface area contributed by atoms with E-state index in [0.29, 0.717) is 9.79 Å². The van der Waals surface area contributed by atoms with Crippen LogP contribution in [0.1, 0.15) is 11.1 Å². The Balaban J connectivity index is 2.03. The Hall–Kier alpha value is -2.39. The summed E-state index contributed by atoms with van der Waals surface area (Å²) in [6.07, 6.45) is 0. The second-order valence-electron chi connectivity index (χ2n) is 5.59. The quantitative estimate of drug-likeness (QED) is 0.694. The average Bonchev–Trinajstić information content (AvgIpc) is 2.58. The van der Waals surface area contributed by atoms with E-state index in [-0.39, 0.29) is 0 Å². The van der Waals surface area contributed by atoms with Crippen LogP contribution in [0.15, 0.2) is 82.6 Å². The molecule has 0 saturated heterocycles. The first-order valence-electron chi connectivity index (χ1n) is 7.47. The molecule has 0 saturated carbocycles. The maximum Gasteiger partial charge on any atom is 0.206 e. The minimum atomic E-state index is -3.49. The highest BCUT2D eigenvalue weighted by Crippen LogP contribution is 2.27. The van der Waals surface area contributed by atoms with E-state index in [4.69, 9.17) is 0 Å². The van der Waals surface area contributed by atoms with Gasteiger partial charge in [0.05, 0.1) is 9.79 Å². The van der Waals surface area contributed by atoms with Gasteiger partial charge >= 0.3 is 0 Å². The molecule has 0 unspecified atom stereocenters. The summed E-state index contributed by atoms with van der Waals surface area (Å²) in [5.41, 5.74) is 3.86. The van der Waals surface area contributed by atoms with Gasteiger partial charge in [-0.25, -0.2) is 8.42 Å². The van der Waals surface area contributed by atoms with E-state index in [1.54, 1.807) is 24.3 Å². The molecular formula is C20H18O2S. The third-order valence-electron chi connectivity index (χ3n) is 4.12. The maximum atomic E-state index is 12.9. The summed E-state index contributed by atoms with van der Waals surface area (Å²) in [5.74, 6) is 0. The standard InChI is InChI=1S/C20H18O2S/c1-15-7-6-10-20(16(15)2)23(21,22)19-13-11-18(12-14-19)17-8-4-3-5-9-17/h3-14H,1-2H3. The number of benzene rings is 3. The van der Waals surface area contributed by atoms with Gasteiger partial charge in [0, 0.05) is 0 Å². The Kier molecular flexibility index (Phi) is 4.05. The zero-order chi connectivity index (χ0) is 16.4. The van der Waals surface area contributed by atoms with Crippen LogP contribution in [0.25, 0.3) is 11.1 Å². The molecule has 0 radical (unpaired) electrons. The Morgan fingerprint density at radius 3 is 1.91 bits per heavy atom. The van der Waals surface area contributed by atoms with Crippen LogP contribution < -0.4 is 0 Å². The van der Waals surface area contributed by atoms with Gasteiger partial charge in [0.25, 0.3) is 0 Å². The van der Waals surface area contributed by atoms with Crippen molar-refractivity contribution >= 4 is 9.84 Å². The van der Waals surface area contributed by atoms with Gasteiger partial charge in [-0.05, 0) is 54.3 Å². The molecule has 0 amide bonds. The van der Waals surface area contributed by atoms with Crippen LogP contribution in [-0.4, -0.2) is 8.42 Å². The SMILES string of the molecule is Cc1cccc(S(=O)(=O)c2ccc(-c3ccccc3)cc2)c1C. The van der Waals surface area contributed by atoms with E-state index < -0.39 is 9.84 Å². The fourth-order valence-corrected chi connectivity index (χ4v) is 4.17. The molecule has 3 aromatic carbocycles. The Morgan fingerprint density at radius 2 is 1.26 bits per heavy atom. The number of hydrogen-bond acceptors (Lipinski definition) is 2. The smallest absolute Gasteiger partial charge is 0.206 e. The molecule has 2 nitrogen and oxygen atoms in total. The molecule has 0 aliphatic carbocycles. The molecule has 3 rings (SSSR count). The van der Waals surface area contributed by atoms with Crippen molar-refractivity contribution in [2.75, 3.05) is 0 Å². The Labute approximate surface area is 137 Å². The van der Waals surface area contributed by atoms with Crippen LogP contribution in [-0.2, 0) is 9.84 Å². The molecule has 0 aliphatic heterocycles. The number of rotatable bonds is 3. The second-order valence-corrected chi connectivity index (χ2v) is 7.51. The van der Waals surface area contributed by atoms with Crippen molar-refractivity contribution in [1.29, 1.82) is 0 Å². The number of sulfone groups is 1. The lowest BCUT2D eigenvalue weighted by molar-refractivity contribution is 0.595. The highest BCUT2D eigenvalue weighted by molar-refractivity contribution is 7.91. The lowest BCUT2D eigenvalue weighted by Gasteiger charge is -2.10. The molecule has 0 aromatic heterocycles. The molecule has 0 spiro atoms. The predicted octanol–water partition coefficient (Wildman–Crippen LogP) is 4.80. The zero-order valence-corrected chi connectivity index (χ0v) is 14.0. The minimum Gasteiger partial charge on any atom is -0.219 e. The lowest BCUT2D eigenvalue weighted by atomic mass is 10.1. The summed E-state index contributed by atoms with van der Waals surface area (Å²) in [6, 6.07) is 22.4. The van der Waals surface area contributed by atoms with Crippen LogP contribution in [0.2, 0.25) is 0 Å². The molecule has 23 heavy (non-hydrogen) atoms. The van der Waals surface area contributed by atoms with E-state index in [0.717, 1.165) is 22.3 Å². The van der Waals surface area contributed by atoms with Crippen LogP contribution in [0.5, 0.6) is 0 Å². The van der Waals surface area contributed by atoms with Gasteiger partial charge in [-0.2, -0.15) is 0 Å². The highest BCUT2D eigenvalue weighted by Gasteiger charge is 2.20. The largest absolute Gasteiger partial charge is 0.219 e. The van der Waals surface area contributed by atoms with Gasteiger partial charge in [0.1, 0.15) is 0 Å². The molecule has 0 aliphatic rings. The number of aryl methyl sites for hydroxylation is 1. The van der Waals surface area contributed by atoms with Crippen molar-refractivity contribution < 1.29 is 8.42 Å². The Morgan fingerprint density at radius 1 is 0.652 bits per heavy atom. The van der Waals surface area contributed by atoms with E-state index in [9.17, 15) is 8.42 Å². The molecule has 0 bridgehead atoms. The van der Waals surface area contributed by atoms with E-state index in [1.165, 1.54) is 0 Å². The van der Waals surface area contributed by atoms with E-state index in [2.05, 4.69) is 0 Å². The maximum absolute atomic E-state index is 12.9. The summed E-state index contributed by atoms with van der Waals surface area (Å²) >= 11 is 0. The summed E-state index contributed by atoms with van der Waals surface area (Å²) in [6.45, 7) is 3.77. The van der Waals surface area contributed by atoms with E-state index >= 15 is 0 Å². The molecule has 3 aromatic rings. The molecule has 0 heterocycles. The normalized spacial score (nSPS) is 11.4. The zero-order valence-electron chi connectivity index (χ0n) is 13.2. The first kappa shape index (κ1) is 15.5. The van der Waals surface area contributed by atoms with Gasteiger partial charge in [0.15, 0.2) is 0 Å². The van der Waals surface area contributed by atoms with Crippen LogP contribution in [0.3, 0.4) is 0 Å². The molecule has 0 N–H and O–H groups in total. The summed E-state index contributed by atoms with van der Waals surface area (Å²) in [7, 11) is -3.49. The second kappa shape index (κ2) is 6.01. The predicted molar refractivity (Wildman–Crippen MR) is 93.2 cm³/mol. The van der Waals surface area contributed by atoms with Gasteiger partial charge in [0.2, 0.25) is 9.84 Å². The van der Waals surface area contributed by atoms with Gasteiger partial charge in [-0.1, -0.05) is 54.6 Å². The fourth-order valence-electron chi connectivity index (χ4n) is 2.60. The minimum absolute atomic E-state index is 0.325. The molecule has 0 atom stereocenters. The Bertz CT molecular complexity index is 925. The molecule has 3 heteroatoms. The first-order valence-corrected chi connectivity index (χ1v) is 8.95. The fraction of sp³-hybridized carbons (Fsp3) is 0.100. The van der Waals surface area contributed by atoms with Gasteiger partial charge < -0.3 is 0 Å². The van der Waals surface area contributed by atoms with Gasteiger partial charge in [-0.15, -0.1) is 0 Å². The number of hydrogen-bond donors (Lipinski definition) is 0. The van der Waals surface area contributed by atoms with Crippen molar-refractivity contribution in [1.82, 2.24) is 0 Å². The highest BCUT2D eigenvalue weighted by atomic mass is 32.2. The third-order valence-corrected chi connectivity index (χ3v) is 6.03.